The molecule has 1 unspecified atom stereocenters. The van der Waals surface area contributed by atoms with Gasteiger partial charge in [-0.15, -0.1) is 0 Å². The summed E-state index contributed by atoms with van der Waals surface area (Å²) in [5.74, 6) is -0.303. The third kappa shape index (κ3) is 27.4. The third-order valence-corrected chi connectivity index (χ3v) is 7.80. The first-order chi connectivity index (χ1) is 19.9. The fraction of sp³-hybridized carbons (Fsp3) is 0.943. The summed E-state index contributed by atoms with van der Waals surface area (Å²) < 4.78 is 17.3. The van der Waals surface area contributed by atoms with Crippen LogP contribution < -0.4 is 0 Å². The van der Waals surface area contributed by atoms with Gasteiger partial charge in [-0.3, -0.25) is 9.59 Å². The fourth-order valence-corrected chi connectivity index (χ4v) is 4.99. The van der Waals surface area contributed by atoms with Crippen molar-refractivity contribution in [1.29, 1.82) is 0 Å². The summed E-state index contributed by atoms with van der Waals surface area (Å²) in [7, 11) is 4.07. The Bertz CT molecular complexity index is 575. The molecule has 0 rings (SSSR count). The molecular weight excluding hydrogens is 514 g/mol. The predicted molar refractivity (Wildman–Crippen MR) is 172 cm³/mol. The van der Waals surface area contributed by atoms with Gasteiger partial charge in [-0.25, -0.2) is 0 Å². The Morgan fingerprint density at radius 2 is 1.12 bits per heavy atom. The lowest BCUT2D eigenvalue weighted by Crippen LogP contribution is -2.27. The van der Waals surface area contributed by atoms with Gasteiger partial charge < -0.3 is 19.1 Å². The molecule has 0 aliphatic carbocycles. The van der Waals surface area contributed by atoms with E-state index in [1.165, 1.54) is 38.5 Å². The molecule has 0 aromatic rings. The van der Waals surface area contributed by atoms with E-state index in [9.17, 15) is 9.59 Å². The summed E-state index contributed by atoms with van der Waals surface area (Å²) in [5, 5.41) is 0. The number of hydrogen-bond acceptors (Lipinski definition) is 6. The summed E-state index contributed by atoms with van der Waals surface area (Å²) in [6, 6.07) is 0. The average molecular weight is 584 g/mol. The third-order valence-electron chi connectivity index (χ3n) is 7.80. The molecule has 0 saturated carbocycles. The average Bonchev–Trinajstić information content (AvgIpc) is 2.95. The van der Waals surface area contributed by atoms with Crippen molar-refractivity contribution in [2.24, 2.45) is 5.92 Å². The van der Waals surface area contributed by atoms with Crippen LogP contribution in [0.4, 0.5) is 0 Å². The van der Waals surface area contributed by atoms with Gasteiger partial charge in [0.2, 0.25) is 0 Å². The molecule has 6 nitrogen and oxygen atoms in total. The molecule has 0 aromatic carbocycles. The lowest BCUT2D eigenvalue weighted by Gasteiger charge is -2.18. The molecular formula is C35H69NO5. The minimum Gasteiger partial charge on any atom is -0.465 e. The van der Waals surface area contributed by atoms with E-state index in [0.29, 0.717) is 19.6 Å². The van der Waals surface area contributed by atoms with Crippen LogP contribution in [-0.4, -0.2) is 63.4 Å². The van der Waals surface area contributed by atoms with Gasteiger partial charge in [0, 0.05) is 13.0 Å². The topological polar surface area (TPSA) is 65.1 Å². The Hall–Kier alpha value is -1.14. The standard InChI is InChI=1S/C35H69NO5/c1-6-9-12-13-16-19-22-29-39-31-32(27-28-36(4)5)35(38)40-30-23-20-17-14-15-18-21-26-34(37)41-33(24-10-7-2)25-11-8-3/h32-33H,6-31H2,1-5H3. The molecule has 0 aliphatic rings. The van der Waals surface area contributed by atoms with Gasteiger partial charge in [0.1, 0.15) is 6.10 Å². The van der Waals surface area contributed by atoms with Crippen molar-refractivity contribution in [3.63, 3.8) is 0 Å². The van der Waals surface area contributed by atoms with E-state index in [2.05, 4.69) is 25.7 Å². The van der Waals surface area contributed by atoms with E-state index in [4.69, 9.17) is 14.2 Å². The second kappa shape index (κ2) is 30.3. The highest BCUT2D eigenvalue weighted by molar-refractivity contribution is 5.72. The van der Waals surface area contributed by atoms with Crippen molar-refractivity contribution in [2.45, 2.75) is 168 Å². The summed E-state index contributed by atoms with van der Waals surface area (Å²) in [6.07, 6.45) is 24.3. The second-order valence-electron chi connectivity index (χ2n) is 12.3. The number of hydrogen-bond donors (Lipinski definition) is 0. The maximum Gasteiger partial charge on any atom is 0.311 e. The van der Waals surface area contributed by atoms with Crippen LogP contribution in [0.5, 0.6) is 0 Å². The van der Waals surface area contributed by atoms with Crippen LogP contribution in [0.25, 0.3) is 0 Å². The molecule has 0 N–H and O–H groups in total. The van der Waals surface area contributed by atoms with Crippen molar-refractivity contribution < 1.29 is 23.8 Å². The van der Waals surface area contributed by atoms with E-state index in [1.807, 2.05) is 14.1 Å². The Labute approximate surface area is 255 Å². The Morgan fingerprint density at radius 3 is 1.68 bits per heavy atom. The van der Waals surface area contributed by atoms with Crippen LogP contribution in [0.3, 0.4) is 0 Å². The van der Waals surface area contributed by atoms with Crippen LogP contribution in [0, 0.1) is 5.92 Å². The highest BCUT2D eigenvalue weighted by Gasteiger charge is 2.20. The van der Waals surface area contributed by atoms with Gasteiger partial charge in [0.05, 0.1) is 19.1 Å². The van der Waals surface area contributed by atoms with Crippen molar-refractivity contribution in [2.75, 3.05) is 40.5 Å². The van der Waals surface area contributed by atoms with E-state index in [0.717, 1.165) is 109 Å². The van der Waals surface area contributed by atoms with Gasteiger partial charge >= 0.3 is 11.9 Å². The second-order valence-corrected chi connectivity index (χ2v) is 12.3. The molecule has 0 heterocycles. The molecule has 0 fully saturated rings. The van der Waals surface area contributed by atoms with E-state index >= 15 is 0 Å². The van der Waals surface area contributed by atoms with Gasteiger partial charge in [0.25, 0.3) is 0 Å². The van der Waals surface area contributed by atoms with Gasteiger partial charge in [0.15, 0.2) is 0 Å². The van der Waals surface area contributed by atoms with Gasteiger partial charge in [-0.2, -0.15) is 0 Å². The largest absolute Gasteiger partial charge is 0.465 e. The SMILES string of the molecule is CCCCCCCCCOCC(CCN(C)C)C(=O)OCCCCCCCCCC(=O)OC(CCCC)CCCC. The zero-order valence-electron chi connectivity index (χ0n) is 28.0. The zero-order valence-corrected chi connectivity index (χ0v) is 28.0. The number of carbonyl (C=O) groups is 2. The molecule has 0 aromatic heterocycles. The van der Waals surface area contributed by atoms with Gasteiger partial charge in [-0.1, -0.05) is 117 Å². The first-order valence-electron chi connectivity index (χ1n) is 17.5. The molecule has 0 amide bonds. The Morgan fingerprint density at radius 1 is 0.610 bits per heavy atom. The molecule has 0 spiro atoms. The molecule has 1 atom stereocenters. The van der Waals surface area contributed by atoms with Crippen molar-refractivity contribution in [3.8, 4) is 0 Å². The van der Waals surface area contributed by atoms with Crippen molar-refractivity contribution in [1.82, 2.24) is 4.90 Å². The fourth-order valence-electron chi connectivity index (χ4n) is 4.99. The maximum atomic E-state index is 12.7. The minimum absolute atomic E-state index is 0.0175. The number of rotatable bonds is 31. The molecule has 6 heteroatoms. The summed E-state index contributed by atoms with van der Waals surface area (Å²) >= 11 is 0. The zero-order chi connectivity index (χ0) is 30.4. The van der Waals surface area contributed by atoms with Gasteiger partial charge in [-0.05, 0) is 59.2 Å². The number of unbranched alkanes of at least 4 members (excludes halogenated alkanes) is 14. The Balaban J connectivity index is 3.91. The van der Waals surface area contributed by atoms with E-state index in [1.54, 1.807) is 0 Å². The molecule has 0 bridgehead atoms. The quantitative estimate of drug-likeness (QED) is 0.0598. The number of esters is 2. The Kier molecular flexibility index (Phi) is 29.5. The first-order valence-corrected chi connectivity index (χ1v) is 17.5. The highest BCUT2D eigenvalue weighted by atomic mass is 16.5. The van der Waals surface area contributed by atoms with Crippen molar-refractivity contribution >= 4 is 11.9 Å². The molecule has 0 aliphatic heterocycles. The van der Waals surface area contributed by atoms with E-state index < -0.39 is 0 Å². The molecule has 41 heavy (non-hydrogen) atoms. The highest BCUT2D eigenvalue weighted by Crippen LogP contribution is 2.16. The monoisotopic (exact) mass is 584 g/mol. The number of nitrogens with zero attached hydrogens (tertiary/aromatic N) is 1. The summed E-state index contributed by atoms with van der Waals surface area (Å²) in [5.41, 5.74) is 0. The van der Waals surface area contributed by atoms with Crippen LogP contribution in [-0.2, 0) is 23.8 Å². The van der Waals surface area contributed by atoms with Crippen LogP contribution in [0.15, 0.2) is 0 Å². The predicted octanol–water partition coefficient (Wildman–Crippen LogP) is 9.28. The normalized spacial score (nSPS) is 12.3. The smallest absolute Gasteiger partial charge is 0.311 e. The maximum absolute atomic E-state index is 12.7. The first kappa shape index (κ1) is 39.9. The molecule has 244 valence electrons. The molecule has 0 radical (unpaired) electrons. The van der Waals surface area contributed by atoms with E-state index in [-0.39, 0.29) is 24.0 Å². The van der Waals surface area contributed by atoms with Crippen LogP contribution in [0.2, 0.25) is 0 Å². The lowest BCUT2D eigenvalue weighted by atomic mass is 10.1. The van der Waals surface area contributed by atoms with Crippen LogP contribution >= 0.6 is 0 Å². The number of carbonyl (C=O) groups excluding carboxylic acids is 2. The molecule has 0 saturated heterocycles. The summed E-state index contributed by atoms with van der Waals surface area (Å²) in [6.45, 7) is 9.17. The number of ether oxygens (including phenoxy) is 3. The van der Waals surface area contributed by atoms with Crippen molar-refractivity contribution in [3.05, 3.63) is 0 Å². The summed E-state index contributed by atoms with van der Waals surface area (Å²) in [4.78, 5) is 27.0. The van der Waals surface area contributed by atoms with Crippen LogP contribution in [0.1, 0.15) is 162 Å². The minimum atomic E-state index is -0.179. The lowest BCUT2D eigenvalue weighted by molar-refractivity contribution is -0.151.